The van der Waals surface area contributed by atoms with E-state index in [-0.39, 0.29) is 0 Å². The average Bonchev–Trinajstić information content (AvgIpc) is 2.99. The minimum Gasteiger partial charge on any atom is -0.383 e. The second kappa shape index (κ2) is 5.60. The van der Waals surface area contributed by atoms with E-state index in [9.17, 15) is 5.11 Å². The maximum Gasteiger partial charge on any atom is 0.108 e. The Hall–Kier alpha value is -1.68. The Bertz CT molecular complexity index is 583. The van der Waals surface area contributed by atoms with E-state index < -0.39 is 5.60 Å². The zero-order valence-corrected chi connectivity index (χ0v) is 12.7. The first-order chi connectivity index (χ1) is 10.1. The molecular weight excluding hydrogens is 262 g/mol. The molecule has 21 heavy (non-hydrogen) atoms. The molecule has 4 heteroatoms. The molecule has 1 aromatic carbocycles. The van der Waals surface area contributed by atoms with Gasteiger partial charge in [0.05, 0.1) is 17.6 Å². The van der Waals surface area contributed by atoms with Gasteiger partial charge in [0.15, 0.2) is 0 Å². The summed E-state index contributed by atoms with van der Waals surface area (Å²) in [6, 6.07) is 9.90. The smallest absolute Gasteiger partial charge is 0.108 e. The molecule has 1 saturated carbocycles. The van der Waals surface area contributed by atoms with E-state index in [1.165, 1.54) is 0 Å². The first-order valence-electron chi connectivity index (χ1n) is 7.79. The lowest BCUT2D eigenvalue weighted by molar-refractivity contribution is -0.0254. The van der Waals surface area contributed by atoms with Crippen LogP contribution in [0.3, 0.4) is 0 Å². The summed E-state index contributed by atoms with van der Waals surface area (Å²) in [5.41, 5.74) is 0.963. The SMILES string of the molecule is CC(C)C1CCC(O)(c2cnnn2-c2ccccc2)CC1. The second-order valence-electron chi connectivity index (χ2n) is 6.48. The van der Waals surface area contributed by atoms with Gasteiger partial charge >= 0.3 is 0 Å². The minimum atomic E-state index is -0.801. The third-order valence-electron chi connectivity index (χ3n) is 4.83. The third kappa shape index (κ3) is 2.72. The van der Waals surface area contributed by atoms with E-state index >= 15 is 0 Å². The molecule has 0 radical (unpaired) electrons. The summed E-state index contributed by atoms with van der Waals surface area (Å²) in [6.07, 6.45) is 5.41. The predicted molar refractivity (Wildman–Crippen MR) is 82.1 cm³/mol. The molecule has 0 bridgehead atoms. The largest absolute Gasteiger partial charge is 0.383 e. The molecule has 0 atom stereocenters. The number of para-hydroxylation sites is 1. The van der Waals surface area contributed by atoms with E-state index in [1.807, 2.05) is 30.3 Å². The van der Waals surface area contributed by atoms with Crippen molar-refractivity contribution in [1.82, 2.24) is 15.0 Å². The van der Waals surface area contributed by atoms with Crippen molar-refractivity contribution in [2.75, 3.05) is 0 Å². The Labute approximate surface area is 125 Å². The van der Waals surface area contributed by atoms with Crippen LogP contribution in [0.4, 0.5) is 0 Å². The van der Waals surface area contributed by atoms with Gasteiger partial charge < -0.3 is 5.11 Å². The molecule has 0 saturated heterocycles. The number of benzene rings is 1. The molecular formula is C17H23N3O. The van der Waals surface area contributed by atoms with Crippen LogP contribution in [0.2, 0.25) is 0 Å². The standard InChI is InChI=1S/C17H23N3O/c1-13(2)14-8-10-17(21,11-9-14)16-12-18-19-20(16)15-6-4-3-5-7-15/h3-7,12-14,21H,8-11H2,1-2H3. The third-order valence-corrected chi connectivity index (χ3v) is 4.83. The van der Waals surface area contributed by atoms with Gasteiger partial charge in [0.1, 0.15) is 5.60 Å². The average molecular weight is 285 g/mol. The van der Waals surface area contributed by atoms with Crippen LogP contribution in [0.25, 0.3) is 5.69 Å². The maximum absolute atomic E-state index is 11.1. The summed E-state index contributed by atoms with van der Waals surface area (Å²) in [5.74, 6) is 1.40. The van der Waals surface area contributed by atoms with Gasteiger partial charge in [-0.2, -0.15) is 0 Å². The van der Waals surface area contributed by atoms with Gasteiger partial charge in [0.25, 0.3) is 0 Å². The van der Waals surface area contributed by atoms with Crippen molar-refractivity contribution in [1.29, 1.82) is 0 Å². The van der Waals surface area contributed by atoms with E-state index in [0.717, 1.165) is 37.1 Å². The molecule has 0 unspecified atom stereocenters. The Morgan fingerprint density at radius 1 is 1.19 bits per heavy atom. The predicted octanol–water partition coefficient (Wildman–Crippen LogP) is 3.30. The summed E-state index contributed by atoms with van der Waals surface area (Å²) in [6.45, 7) is 4.54. The quantitative estimate of drug-likeness (QED) is 0.941. The molecule has 1 aliphatic carbocycles. The molecule has 0 spiro atoms. The van der Waals surface area contributed by atoms with E-state index in [0.29, 0.717) is 11.8 Å². The van der Waals surface area contributed by atoms with Crippen molar-refractivity contribution in [2.45, 2.75) is 45.1 Å². The number of aromatic nitrogens is 3. The summed E-state index contributed by atoms with van der Waals surface area (Å²) in [5, 5.41) is 19.3. The van der Waals surface area contributed by atoms with Crippen LogP contribution in [-0.2, 0) is 5.60 Å². The highest BCUT2D eigenvalue weighted by atomic mass is 16.3. The van der Waals surface area contributed by atoms with Crippen molar-refractivity contribution in [2.24, 2.45) is 11.8 Å². The van der Waals surface area contributed by atoms with E-state index in [1.54, 1.807) is 10.9 Å². The summed E-state index contributed by atoms with van der Waals surface area (Å²) < 4.78 is 1.77. The van der Waals surface area contributed by atoms with Gasteiger partial charge in [0, 0.05) is 0 Å². The lowest BCUT2D eigenvalue weighted by Crippen LogP contribution is -2.34. The number of nitrogens with zero attached hydrogens (tertiary/aromatic N) is 3. The molecule has 2 aromatic rings. The Balaban J connectivity index is 1.87. The van der Waals surface area contributed by atoms with Gasteiger partial charge in [-0.15, -0.1) is 5.10 Å². The summed E-state index contributed by atoms with van der Waals surface area (Å²) in [4.78, 5) is 0. The molecule has 1 aromatic heterocycles. The van der Waals surface area contributed by atoms with Gasteiger partial charge in [-0.25, -0.2) is 4.68 Å². The number of rotatable bonds is 3. The van der Waals surface area contributed by atoms with Crippen molar-refractivity contribution >= 4 is 0 Å². The van der Waals surface area contributed by atoms with Crippen molar-refractivity contribution in [3.05, 3.63) is 42.2 Å². The molecule has 1 aliphatic rings. The fourth-order valence-corrected chi connectivity index (χ4v) is 3.35. The number of hydrogen-bond acceptors (Lipinski definition) is 3. The highest BCUT2D eigenvalue weighted by Gasteiger charge is 2.38. The zero-order chi connectivity index (χ0) is 14.9. The second-order valence-corrected chi connectivity index (χ2v) is 6.48. The molecule has 1 heterocycles. The topological polar surface area (TPSA) is 50.9 Å². The van der Waals surface area contributed by atoms with Crippen LogP contribution >= 0.6 is 0 Å². The van der Waals surface area contributed by atoms with Crippen LogP contribution < -0.4 is 0 Å². The molecule has 3 rings (SSSR count). The lowest BCUT2D eigenvalue weighted by Gasteiger charge is -2.37. The first-order valence-corrected chi connectivity index (χ1v) is 7.79. The molecule has 4 nitrogen and oxygen atoms in total. The molecule has 112 valence electrons. The minimum absolute atomic E-state index is 0.687. The van der Waals surface area contributed by atoms with Gasteiger partial charge in [-0.05, 0) is 49.7 Å². The van der Waals surface area contributed by atoms with Crippen molar-refractivity contribution in [3.63, 3.8) is 0 Å². The highest BCUT2D eigenvalue weighted by molar-refractivity contribution is 5.33. The Morgan fingerprint density at radius 3 is 2.48 bits per heavy atom. The van der Waals surface area contributed by atoms with Crippen LogP contribution in [0.15, 0.2) is 36.5 Å². The molecule has 1 N–H and O–H groups in total. The van der Waals surface area contributed by atoms with E-state index in [4.69, 9.17) is 0 Å². The highest BCUT2D eigenvalue weighted by Crippen LogP contribution is 2.41. The van der Waals surface area contributed by atoms with Gasteiger partial charge in [-0.3, -0.25) is 0 Å². The summed E-state index contributed by atoms with van der Waals surface area (Å²) in [7, 11) is 0. The number of hydrogen-bond donors (Lipinski definition) is 1. The Kier molecular flexibility index (Phi) is 3.81. The van der Waals surface area contributed by atoms with Crippen LogP contribution in [0.5, 0.6) is 0 Å². The molecule has 1 fully saturated rings. The van der Waals surface area contributed by atoms with Crippen LogP contribution in [0, 0.1) is 11.8 Å². The van der Waals surface area contributed by atoms with Crippen molar-refractivity contribution < 1.29 is 5.11 Å². The lowest BCUT2D eigenvalue weighted by atomic mass is 9.73. The fourth-order valence-electron chi connectivity index (χ4n) is 3.35. The maximum atomic E-state index is 11.1. The zero-order valence-electron chi connectivity index (χ0n) is 12.7. The van der Waals surface area contributed by atoms with Gasteiger partial charge in [-0.1, -0.05) is 37.3 Å². The van der Waals surface area contributed by atoms with E-state index in [2.05, 4.69) is 24.2 Å². The number of aliphatic hydroxyl groups is 1. The fraction of sp³-hybridized carbons (Fsp3) is 0.529. The Morgan fingerprint density at radius 2 is 1.86 bits per heavy atom. The molecule has 0 aliphatic heterocycles. The normalized spacial score (nSPS) is 26.2. The van der Waals surface area contributed by atoms with Crippen LogP contribution in [-0.4, -0.2) is 20.1 Å². The molecule has 0 amide bonds. The van der Waals surface area contributed by atoms with Crippen LogP contribution in [0.1, 0.15) is 45.2 Å². The van der Waals surface area contributed by atoms with Crippen molar-refractivity contribution in [3.8, 4) is 5.69 Å². The monoisotopic (exact) mass is 285 g/mol. The summed E-state index contributed by atoms with van der Waals surface area (Å²) >= 11 is 0. The van der Waals surface area contributed by atoms with Gasteiger partial charge in [0.2, 0.25) is 0 Å². The first kappa shape index (κ1) is 14.3.